The van der Waals surface area contributed by atoms with Crippen LogP contribution in [0.5, 0.6) is 5.75 Å². The minimum Gasteiger partial charge on any atom is -0.495 e. The van der Waals surface area contributed by atoms with E-state index in [0.717, 1.165) is 37.6 Å². The van der Waals surface area contributed by atoms with Crippen molar-refractivity contribution in [3.8, 4) is 5.75 Å². The van der Waals surface area contributed by atoms with Crippen molar-refractivity contribution in [2.24, 2.45) is 0 Å². The standard InChI is InChI=1S/C20H31N3O4S/c1-4-23(17-9-14-28(25,26)15-17)20(24)16(2)21-10-12-22(13-11-21)18-7-5-6-8-19(18)27-3/h5-8,16-17H,4,9-15H2,1-3H3/p+1/t16-,17-/m0/s1. The van der Waals surface area contributed by atoms with Crippen LogP contribution in [-0.4, -0.2) is 82.6 Å². The Morgan fingerprint density at radius 3 is 2.57 bits per heavy atom. The minimum absolute atomic E-state index is 0.0744. The van der Waals surface area contributed by atoms with E-state index in [1.165, 1.54) is 4.90 Å². The fourth-order valence-electron chi connectivity index (χ4n) is 4.40. The number of piperazine rings is 1. The summed E-state index contributed by atoms with van der Waals surface area (Å²) in [4.78, 5) is 18.5. The molecular formula is C20H32N3O4S+. The Bertz CT molecular complexity index is 790. The first-order valence-corrected chi connectivity index (χ1v) is 11.9. The number of benzene rings is 1. The SMILES string of the molecule is CCN(C(=O)[C@H](C)[NH+]1CCN(c2ccccc2OC)CC1)[C@H]1CCS(=O)(=O)C1. The molecule has 2 aliphatic rings. The maximum absolute atomic E-state index is 13.1. The monoisotopic (exact) mass is 410 g/mol. The number of quaternary nitrogens is 1. The molecule has 0 aromatic heterocycles. The zero-order valence-corrected chi connectivity index (χ0v) is 17.9. The summed E-state index contributed by atoms with van der Waals surface area (Å²) >= 11 is 0. The first-order valence-electron chi connectivity index (χ1n) is 10.1. The summed E-state index contributed by atoms with van der Waals surface area (Å²) in [5.41, 5.74) is 1.09. The molecule has 3 rings (SSSR count). The van der Waals surface area contributed by atoms with Gasteiger partial charge in [-0.2, -0.15) is 0 Å². The van der Waals surface area contributed by atoms with Gasteiger partial charge in [0.05, 0.1) is 50.5 Å². The second-order valence-electron chi connectivity index (χ2n) is 7.72. The number of para-hydroxylation sites is 2. The smallest absolute Gasteiger partial charge is 0.280 e. The number of nitrogens with zero attached hydrogens (tertiary/aromatic N) is 2. The molecule has 2 heterocycles. The van der Waals surface area contributed by atoms with E-state index in [4.69, 9.17) is 4.74 Å². The molecule has 8 heteroatoms. The first kappa shape index (κ1) is 20.9. The summed E-state index contributed by atoms with van der Waals surface area (Å²) < 4.78 is 29.1. The number of hydrogen-bond donors (Lipinski definition) is 1. The van der Waals surface area contributed by atoms with E-state index < -0.39 is 9.84 Å². The Hall–Kier alpha value is -1.80. The maximum Gasteiger partial charge on any atom is 0.280 e. The van der Waals surface area contributed by atoms with Gasteiger partial charge in [-0.1, -0.05) is 12.1 Å². The van der Waals surface area contributed by atoms with Gasteiger partial charge in [0.2, 0.25) is 0 Å². The molecule has 1 amide bonds. The number of sulfone groups is 1. The van der Waals surface area contributed by atoms with Crippen LogP contribution in [0.1, 0.15) is 20.3 Å². The van der Waals surface area contributed by atoms with Crippen LogP contribution < -0.4 is 14.5 Å². The fourth-order valence-corrected chi connectivity index (χ4v) is 6.13. The number of amides is 1. The molecule has 156 valence electrons. The van der Waals surface area contributed by atoms with Crippen molar-refractivity contribution in [1.82, 2.24) is 4.90 Å². The Balaban J connectivity index is 1.61. The van der Waals surface area contributed by atoms with Gasteiger partial charge < -0.3 is 19.4 Å². The average molecular weight is 411 g/mol. The number of carbonyl (C=O) groups excluding carboxylic acids is 1. The van der Waals surface area contributed by atoms with Gasteiger partial charge >= 0.3 is 0 Å². The van der Waals surface area contributed by atoms with E-state index in [9.17, 15) is 13.2 Å². The molecular weight excluding hydrogens is 378 g/mol. The van der Waals surface area contributed by atoms with Crippen LogP contribution in [0.4, 0.5) is 5.69 Å². The highest BCUT2D eigenvalue weighted by Gasteiger charge is 2.38. The van der Waals surface area contributed by atoms with Crippen LogP contribution in [-0.2, 0) is 14.6 Å². The van der Waals surface area contributed by atoms with E-state index in [2.05, 4.69) is 11.0 Å². The second kappa shape index (κ2) is 8.69. The fraction of sp³-hybridized carbons (Fsp3) is 0.650. The molecule has 7 nitrogen and oxygen atoms in total. The summed E-state index contributed by atoms with van der Waals surface area (Å²) in [6.07, 6.45) is 0.561. The Kier molecular flexibility index (Phi) is 6.50. The van der Waals surface area contributed by atoms with E-state index in [1.807, 2.05) is 32.0 Å². The molecule has 0 bridgehead atoms. The van der Waals surface area contributed by atoms with Gasteiger partial charge in [-0.25, -0.2) is 8.42 Å². The number of likely N-dealkylation sites (N-methyl/N-ethyl adjacent to an activating group) is 1. The molecule has 0 aliphatic carbocycles. The predicted molar refractivity (Wildman–Crippen MR) is 110 cm³/mol. The van der Waals surface area contributed by atoms with E-state index >= 15 is 0 Å². The molecule has 1 aromatic carbocycles. The van der Waals surface area contributed by atoms with E-state index in [1.54, 1.807) is 12.0 Å². The van der Waals surface area contributed by atoms with Crippen molar-refractivity contribution in [3.63, 3.8) is 0 Å². The summed E-state index contributed by atoms with van der Waals surface area (Å²) in [6, 6.07) is 7.68. The van der Waals surface area contributed by atoms with Crippen molar-refractivity contribution < 1.29 is 22.8 Å². The van der Waals surface area contributed by atoms with Crippen molar-refractivity contribution in [2.45, 2.75) is 32.4 Å². The van der Waals surface area contributed by atoms with Gasteiger partial charge in [0.25, 0.3) is 5.91 Å². The molecule has 28 heavy (non-hydrogen) atoms. The van der Waals surface area contributed by atoms with Crippen LogP contribution >= 0.6 is 0 Å². The first-order chi connectivity index (χ1) is 13.4. The largest absolute Gasteiger partial charge is 0.495 e. The van der Waals surface area contributed by atoms with Gasteiger partial charge in [-0.15, -0.1) is 0 Å². The van der Waals surface area contributed by atoms with E-state index in [0.29, 0.717) is 13.0 Å². The summed E-state index contributed by atoms with van der Waals surface area (Å²) in [7, 11) is -1.31. The molecule has 1 N–H and O–H groups in total. The average Bonchev–Trinajstić information content (AvgIpc) is 3.07. The van der Waals surface area contributed by atoms with Crippen LogP contribution in [0.3, 0.4) is 0 Å². The van der Waals surface area contributed by atoms with Gasteiger partial charge in [-0.3, -0.25) is 4.79 Å². The zero-order valence-electron chi connectivity index (χ0n) is 17.1. The van der Waals surface area contributed by atoms with E-state index in [-0.39, 0.29) is 29.5 Å². The van der Waals surface area contributed by atoms with Crippen molar-refractivity contribution in [3.05, 3.63) is 24.3 Å². The highest BCUT2D eigenvalue weighted by molar-refractivity contribution is 7.91. The summed E-state index contributed by atoms with van der Waals surface area (Å²) in [5, 5.41) is 0. The zero-order chi connectivity index (χ0) is 20.3. The number of methoxy groups -OCH3 is 1. The summed E-state index contributed by atoms with van der Waals surface area (Å²) in [6.45, 7) is 7.92. The van der Waals surface area contributed by atoms with Crippen molar-refractivity contribution in [1.29, 1.82) is 0 Å². The lowest BCUT2D eigenvalue weighted by molar-refractivity contribution is -0.915. The molecule has 2 aliphatic heterocycles. The molecule has 0 saturated carbocycles. The topological polar surface area (TPSA) is 71.4 Å². The molecule has 1 aromatic rings. The molecule has 0 unspecified atom stereocenters. The normalized spacial score (nSPS) is 23.4. The van der Waals surface area contributed by atoms with Crippen molar-refractivity contribution >= 4 is 21.4 Å². The van der Waals surface area contributed by atoms with Crippen LogP contribution in [0, 0.1) is 0 Å². The number of hydrogen-bond acceptors (Lipinski definition) is 5. The maximum atomic E-state index is 13.1. The Morgan fingerprint density at radius 2 is 2.00 bits per heavy atom. The molecule has 0 spiro atoms. The lowest BCUT2D eigenvalue weighted by Gasteiger charge is -2.38. The molecule has 0 radical (unpaired) electrons. The number of ether oxygens (including phenoxy) is 1. The van der Waals surface area contributed by atoms with Crippen molar-refractivity contribution in [2.75, 3.05) is 56.2 Å². The van der Waals surface area contributed by atoms with Gasteiger partial charge in [-0.05, 0) is 32.4 Å². The quantitative estimate of drug-likeness (QED) is 0.705. The Labute approximate surface area is 168 Å². The number of carbonyl (C=O) groups is 1. The number of nitrogens with one attached hydrogen (secondary N) is 1. The van der Waals surface area contributed by atoms with Crippen LogP contribution in [0.15, 0.2) is 24.3 Å². The summed E-state index contributed by atoms with van der Waals surface area (Å²) in [5.74, 6) is 1.25. The lowest BCUT2D eigenvalue weighted by Crippen LogP contribution is -3.19. The van der Waals surface area contributed by atoms with Gasteiger partial charge in [0.15, 0.2) is 15.9 Å². The third-order valence-electron chi connectivity index (χ3n) is 6.09. The minimum atomic E-state index is -3.00. The Morgan fingerprint density at radius 1 is 1.32 bits per heavy atom. The van der Waals surface area contributed by atoms with Gasteiger partial charge in [0, 0.05) is 12.6 Å². The van der Waals surface area contributed by atoms with Crippen LogP contribution in [0.25, 0.3) is 0 Å². The predicted octanol–water partition coefficient (Wildman–Crippen LogP) is -0.176. The third kappa shape index (κ3) is 4.43. The number of anilines is 1. The number of rotatable bonds is 6. The third-order valence-corrected chi connectivity index (χ3v) is 7.84. The molecule has 2 atom stereocenters. The molecule has 2 saturated heterocycles. The second-order valence-corrected chi connectivity index (χ2v) is 9.95. The van der Waals surface area contributed by atoms with Crippen LogP contribution in [0.2, 0.25) is 0 Å². The lowest BCUT2D eigenvalue weighted by atomic mass is 10.1. The highest BCUT2D eigenvalue weighted by atomic mass is 32.2. The van der Waals surface area contributed by atoms with Gasteiger partial charge in [0.1, 0.15) is 5.75 Å². The highest BCUT2D eigenvalue weighted by Crippen LogP contribution is 2.27. The molecule has 2 fully saturated rings.